The van der Waals surface area contributed by atoms with Crippen molar-refractivity contribution < 1.29 is 9.53 Å². The molecule has 0 aromatic heterocycles. The second kappa shape index (κ2) is 7.61. The molecule has 3 aromatic carbocycles. The zero-order chi connectivity index (χ0) is 18.7. The number of para-hydroxylation sites is 1. The van der Waals surface area contributed by atoms with Crippen molar-refractivity contribution in [3.05, 3.63) is 71.8 Å². The first kappa shape index (κ1) is 18.0. The van der Waals surface area contributed by atoms with Gasteiger partial charge >= 0.3 is 0 Å². The van der Waals surface area contributed by atoms with Crippen LogP contribution in [0.2, 0.25) is 0 Å². The van der Waals surface area contributed by atoms with Gasteiger partial charge in [-0.2, -0.15) is 0 Å². The van der Waals surface area contributed by atoms with Gasteiger partial charge in [-0.3, -0.25) is 4.79 Å². The smallest absolute Gasteiger partial charge is 0.265 e. The van der Waals surface area contributed by atoms with Gasteiger partial charge < -0.3 is 10.1 Å². The summed E-state index contributed by atoms with van der Waals surface area (Å²) in [4.78, 5) is 12.7. The van der Waals surface area contributed by atoms with E-state index in [0.717, 1.165) is 33.3 Å². The van der Waals surface area contributed by atoms with Gasteiger partial charge in [0.05, 0.1) is 0 Å². The lowest BCUT2D eigenvalue weighted by molar-refractivity contribution is -0.122. The molecule has 0 radical (unpaired) electrons. The van der Waals surface area contributed by atoms with Crippen molar-refractivity contribution >= 4 is 22.4 Å². The molecule has 1 amide bonds. The summed E-state index contributed by atoms with van der Waals surface area (Å²) in [5.74, 6) is 0.910. The molecule has 1 N–H and O–H groups in total. The molecule has 134 valence electrons. The minimum absolute atomic E-state index is 0.144. The zero-order valence-corrected chi connectivity index (χ0v) is 15.7. The van der Waals surface area contributed by atoms with Gasteiger partial charge in [0.15, 0.2) is 6.10 Å². The molecule has 0 unspecified atom stereocenters. The quantitative estimate of drug-likeness (QED) is 0.645. The Morgan fingerprint density at radius 3 is 2.38 bits per heavy atom. The number of carbonyl (C=O) groups is 1. The van der Waals surface area contributed by atoms with Crippen LogP contribution in [0.3, 0.4) is 0 Å². The Hall–Kier alpha value is -2.81. The highest BCUT2D eigenvalue weighted by Gasteiger charge is 2.19. The summed E-state index contributed by atoms with van der Waals surface area (Å²) in [5.41, 5.74) is 3.08. The van der Waals surface area contributed by atoms with Crippen molar-refractivity contribution in [2.45, 2.75) is 39.7 Å². The number of hydrogen-bond donors (Lipinski definition) is 1. The van der Waals surface area contributed by atoms with E-state index in [1.165, 1.54) is 0 Å². The van der Waals surface area contributed by atoms with Crippen molar-refractivity contribution in [2.75, 3.05) is 5.32 Å². The van der Waals surface area contributed by atoms with Crippen LogP contribution in [0.25, 0.3) is 10.8 Å². The third kappa shape index (κ3) is 3.72. The van der Waals surface area contributed by atoms with Gasteiger partial charge in [0.1, 0.15) is 5.75 Å². The molecule has 3 heteroatoms. The van der Waals surface area contributed by atoms with Crippen LogP contribution in [0.4, 0.5) is 5.69 Å². The van der Waals surface area contributed by atoms with E-state index < -0.39 is 6.10 Å². The zero-order valence-electron chi connectivity index (χ0n) is 15.7. The fraction of sp³-hybridized carbons (Fsp3) is 0.261. The Morgan fingerprint density at radius 2 is 1.62 bits per heavy atom. The maximum Gasteiger partial charge on any atom is 0.265 e. The topological polar surface area (TPSA) is 38.3 Å². The number of rotatable bonds is 5. The number of nitrogens with one attached hydrogen (secondary N) is 1. The number of anilines is 1. The summed E-state index contributed by atoms with van der Waals surface area (Å²) in [6, 6.07) is 20.0. The summed E-state index contributed by atoms with van der Waals surface area (Å²) in [6.07, 6.45) is -0.597. The van der Waals surface area contributed by atoms with E-state index in [1.807, 2.05) is 61.5 Å². The lowest BCUT2D eigenvalue weighted by atomic mass is 9.98. The SMILES string of the molecule is Cc1cccc(C(C)C)c1NC(=O)[C@H](C)Oc1cccc2ccccc12. The van der Waals surface area contributed by atoms with E-state index in [0.29, 0.717) is 5.92 Å². The van der Waals surface area contributed by atoms with Crippen molar-refractivity contribution in [2.24, 2.45) is 0 Å². The van der Waals surface area contributed by atoms with E-state index in [4.69, 9.17) is 4.74 Å². The number of ether oxygens (including phenoxy) is 1. The monoisotopic (exact) mass is 347 g/mol. The second-order valence-corrected chi connectivity index (χ2v) is 6.92. The molecule has 3 rings (SSSR count). The molecular weight excluding hydrogens is 322 g/mol. The van der Waals surface area contributed by atoms with Crippen LogP contribution in [-0.4, -0.2) is 12.0 Å². The van der Waals surface area contributed by atoms with Crippen LogP contribution in [0.15, 0.2) is 60.7 Å². The Morgan fingerprint density at radius 1 is 0.923 bits per heavy atom. The highest BCUT2D eigenvalue weighted by atomic mass is 16.5. The normalized spacial score (nSPS) is 12.2. The molecule has 0 saturated carbocycles. The molecule has 3 nitrogen and oxygen atoms in total. The Labute approximate surface area is 155 Å². The minimum atomic E-state index is -0.597. The van der Waals surface area contributed by atoms with E-state index in [1.54, 1.807) is 6.92 Å². The van der Waals surface area contributed by atoms with Crippen LogP contribution >= 0.6 is 0 Å². The fourth-order valence-corrected chi connectivity index (χ4v) is 3.11. The van der Waals surface area contributed by atoms with Gasteiger partial charge in [-0.1, -0.05) is 68.4 Å². The van der Waals surface area contributed by atoms with Crippen LogP contribution < -0.4 is 10.1 Å². The lowest BCUT2D eigenvalue weighted by Crippen LogP contribution is -2.31. The van der Waals surface area contributed by atoms with Crippen molar-refractivity contribution in [1.29, 1.82) is 0 Å². The average Bonchev–Trinajstić information content (AvgIpc) is 2.63. The first-order valence-electron chi connectivity index (χ1n) is 9.02. The third-order valence-electron chi connectivity index (χ3n) is 4.60. The van der Waals surface area contributed by atoms with Gasteiger partial charge in [0, 0.05) is 11.1 Å². The fourth-order valence-electron chi connectivity index (χ4n) is 3.11. The van der Waals surface area contributed by atoms with E-state index in [2.05, 4.69) is 25.2 Å². The molecule has 0 aliphatic carbocycles. The highest BCUT2D eigenvalue weighted by molar-refractivity contribution is 5.96. The lowest BCUT2D eigenvalue weighted by Gasteiger charge is -2.20. The summed E-state index contributed by atoms with van der Waals surface area (Å²) in [7, 11) is 0. The van der Waals surface area contributed by atoms with Gasteiger partial charge in [-0.05, 0) is 42.3 Å². The van der Waals surface area contributed by atoms with Crippen LogP contribution in [-0.2, 0) is 4.79 Å². The van der Waals surface area contributed by atoms with Crippen LogP contribution in [0, 0.1) is 6.92 Å². The standard InChI is InChI=1S/C23H25NO2/c1-15(2)19-13-7-9-16(3)22(19)24-23(25)17(4)26-21-14-8-11-18-10-5-6-12-20(18)21/h5-15,17H,1-4H3,(H,24,25)/t17-/m0/s1. The van der Waals surface area contributed by atoms with Gasteiger partial charge in [0.25, 0.3) is 5.91 Å². The summed E-state index contributed by atoms with van der Waals surface area (Å²) < 4.78 is 5.99. The summed E-state index contributed by atoms with van der Waals surface area (Å²) in [5, 5.41) is 5.17. The van der Waals surface area contributed by atoms with Crippen LogP contribution in [0.5, 0.6) is 5.75 Å². The number of benzene rings is 3. The predicted molar refractivity (Wildman–Crippen MR) is 108 cm³/mol. The van der Waals surface area contributed by atoms with E-state index in [-0.39, 0.29) is 5.91 Å². The average molecular weight is 347 g/mol. The molecular formula is C23H25NO2. The molecule has 0 heterocycles. The van der Waals surface area contributed by atoms with E-state index >= 15 is 0 Å². The van der Waals surface area contributed by atoms with Gasteiger partial charge in [0.2, 0.25) is 0 Å². The predicted octanol–water partition coefficient (Wildman–Crippen LogP) is 5.68. The van der Waals surface area contributed by atoms with E-state index in [9.17, 15) is 4.79 Å². The summed E-state index contributed by atoms with van der Waals surface area (Å²) in [6.45, 7) is 8.04. The number of amides is 1. The van der Waals surface area contributed by atoms with Gasteiger partial charge in [-0.15, -0.1) is 0 Å². The Balaban J connectivity index is 1.81. The number of carbonyl (C=O) groups excluding carboxylic acids is 1. The van der Waals surface area contributed by atoms with Crippen molar-refractivity contribution in [3.63, 3.8) is 0 Å². The first-order valence-corrected chi connectivity index (χ1v) is 9.02. The molecule has 0 bridgehead atoms. The van der Waals surface area contributed by atoms with Crippen molar-refractivity contribution in [3.8, 4) is 5.75 Å². The highest BCUT2D eigenvalue weighted by Crippen LogP contribution is 2.29. The van der Waals surface area contributed by atoms with Crippen LogP contribution in [0.1, 0.15) is 37.8 Å². The minimum Gasteiger partial charge on any atom is -0.480 e. The maximum absolute atomic E-state index is 12.7. The largest absolute Gasteiger partial charge is 0.480 e. The Kier molecular flexibility index (Phi) is 5.27. The first-order chi connectivity index (χ1) is 12.5. The number of aryl methyl sites for hydroxylation is 1. The molecule has 0 spiro atoms. The molecule has 26 heavy (non-hydrogen) atoms. The molecule has 3 aromatic rings. The van der Waals surface area contributed by atoms with Gasteiger partial charge in [-0.25, -0.2) is 0 Å². The molecule has 1 atom stereocenters. The Bertz CT molecular complexity index is 925. The summed E-state index contributed by atoms with van der Waals surface area (Å²) >= 11 is 0. The maximum atomic E-state index is 12.7. The molecule has 0 aliphatic heterocycles. The van der Waals surface area contributed by atoms with Crippen molar-refractivity contribution in [1.82, 2.24) is 0 Å². The molecule has 0 saturated heterocycles. The number of hydrogen-bond acceptors (Lipinski definition) is 2. The second-order valence-electron chi connectivity index (χ2n) is 6.92. The molecule has 0 fully saturated rings. The number of fused-ring (bicyclic) bond motifs is 1. The third-order valence-corrected chi connectivity index (χ3v) is 4.60. The molecule has 0 aliphatic rings.